The summed E-state index contributed by atoms with van der Waals surface area (Å²) in [6.07, 6.45) is 6.03. The van der Waals surface area contributed by atoms with E-state index in [4.69, 9.17) is 0 Å². The first-order valence-electron chi connectivity index (χ1n) is 8.89. The number of fused-ring (bicyclic) bond motifs is 1. The summed E-state index contributed by atoms with van der Waals surface area (Å²) in [5, 5.41) is 12.5. The number of carbonyl (C=O) groups excluding carboxylic acids is 1. The number of pyridine rings is 2. The normalized spacial score (nSPS) is 19.2. The molecule has 1 unspecified atom stereocenters. The first-order valence-corrected chi connectivity index (χ1v) is 8.89. The van der Waals surface area contributed by atoms with Gasteiger partial charge >= 0.3 is 0 Å². The van der Waals surface area contributed by atoms with Crippen LogP contribution in [0, 0.1) is 16.7 Å². The molecule has 3 aromatic rings. The summed E-state index contributed by atoms with van der Waals surface area (Å²) >= 11 is 0. The van der Waals surface area contributed by atoms with Gasteiger partial charge in [0, 0.05) is 25.5 Å². The van der Waals surface area contributed by atoms with Crippen molar-refractivity contribution in [2.75, 3.05) is 18.4 Å². The molecule has 4 rings (SSSR count). The van der Waals surface area contributed by atoms with E-state index in [1.807, 2.05) is 35.7 Å². The monoisotopic (exact) mass is 360 g/mol. The molecule has 0 spiro atoms. The molecule has 0 radical (unpaired) electrons. The fraction of sp³-hybridized carbons (Fsp3) is 0.300. The summed E-state index contributed by atoms with van der Waals surface area (Å²) < 4.78 is 1.97. The van der Waals surface area contributed by atoms with Crippen LogP contribution in [-0.2, 0) is 6.54 Å². The molecule has 3 aromatic heterocycles. The van der Waals surface area contributed by atoms with Crippen LogP contribution < -0.4 is 5.32 Å². The Morgan fingerprint density at radius 1 is 1.33 bits per heavy atom. The van der Waals surface area contributed by atoms with E-state index < -0.39 is 5.41 Å². The van der Waals surface area contributed by atoms with Gasteiger partial charge in [0.1, 0.15) is 5.82 Å². The number of hydrogen-bond acceptors (Lipinski definition) is 5. The van der Waals surface area contributed by atoms with E-state index in [0.717, 1.165) is 11.2 Å². The highest BCUT2D eigenvalue weighted by Gasteiger charge is 2.36. The van der Waals surface area contributed by atoms with Crippen molar-refractivity contribution < 1.29 is 4.79 Å². The van der Waals surface area contributed by atoms with Gasteiger partial charge in [-0.3, -0.25) is 4.79 Å². The van der Waals surface area contributed by atoms with Crippen molar-refractivity contribution in [2.24, 2.45) is 5.41 Å². The Morgan fingerprint density at radius 3 is 2.96 bits per heavy atom. The lowest BCUT2D eigenvalue weighted by Crippen LogP contribution is -2.30. The molecule has 1 saturated heterocycles. The SMILES string of the molecule is CC1(C#N)CCN(C(=O)c2ccc(NCc3ncn4ccccc34)nc2)C1. The van der Waals surface area contributed by atoms with Crippen LogP contribution in [-0.4, -0.2) is 38.3 Å². The Balaban J connectivity index is 1.40. The van der Waals surface area contributed by atoms with Crippen LogP contribution >= 0.6 is 0 Å². The topological polar surface area (TPSA) is 86.3 Å². The smallest absolute Gasteiger partial charge is 0.255 e. The highest BCUT2D eigenvalue weighted by Crippen LogP contribution is 2.29. The lowest BCUT2D eigenvalue weighted by Gasteiger charge is -2.18. The molecule has 0 bridgehead atoms. The molecule has 27 heavy (non-hydrogen) atoms. The molecule has 1 aliphatic rings. The third-order valence-corrected chi connectivity index (χ3v) is 5.00. The number of nitriles is 1. The van der Waals surface area contributed by atoms with Crippen LogP contribution in [0.4, 0.5) is 5.82 Å². The molecule has 1 fully saturated rings. The third kappa shape index (κ3) is 3.34. The van der Waals surface area contributed by atoms with Gasteiger partial charge in [-0.1, -0.05) is 6.07 Å². The predicted molar refractivity (Wildman–Crippen MR) is 101 cm³/mol. The van der Waals surface area contributed by atoms with Crippen molar-refractivity contribution >= 4 is 17.2 Å². The van der Waals surface area contributed by atoms with E-state index in [-0.39, 0.29) is 5.91 Å². The second-order valence-corrected chi connectivity index (χ2v) is 7.12. The quantitative estimate of drug-likeness (QED) is 0.773. The summed E-state index contributed by atoms with van der Waals surface area (Å²) in [6, 6.07) is 11.8. The van der Waals surface area contributed by atoms with Crippen LogP contribution in [0.2, 0.25) is 0 Å². The maximum absolute atomic E-state index is 12.6. The molecule has 1 atom stereocenters. The van der Waals surface area contributed by atoms with Crippen LogP contribution in [0.15, 0.2) is 49.1 Å². The molecule has 1 N–H and O–H groups in total. The van der Waals surface area contributed by atoms with Crippen LogP contribution in [0.5, 0.6) is 0 Å². The summed E-state index contributed by atoms with van der Waals surface area (Å²) in [7, 11) is 0. The van der Waals surface area contributed by atoms with Crippen molar-refractivity contribution in [3.63, 3.8) is 0 Å². The number of rotatable bonds is 4. The zero-order chi connectivity index (χ0) is 18.9. The lowest BCUT2D eigenvalue weighted by atomic mass is 9.92. The van der Waals surface area contributed by atoms with Gasteiger partial charge in [-0.15, -0.1) is 0 Å². The first kappa shape index (κ1) is 17.0. The Bertz CT molecular complexity index is 1020. The minimum absolute atomic E-state index is 0.0758. The fourth-order valence-corrected chi connectivity index (χ4v) is 3.34. The van der Waals surface area contributed by atoms with Crippen LogP contribution in [0.1, 0.15) is 29.4 Å². The Kier molecular flexibility index (Phi) is 4.24. The number of amides is 1. The number of nitrogens with one attached hydrogen (secondary N) is 1. The van der Waals surface area contributed by atoms with Gasteiger partial charge in [0.25, 0.3) is 5.91 Å². The second-order valence-electron chi connectivity index (χ2n) is 7.12. The minimum atomic E-state index is -0.447. The highest BCUT2D eigenvalue weighted by molar-refractivity contribution is 5.94. The van der Waals surface area contributed by atoms with E-state index in [1.165, 1.54) is 0 Å². The van der Waals surface area contributed by atoms with Gasteiger partial charge in [0.05, 0.1) is 41.1 Å². The Hall–Kier alpha value is -3.40. The standard InChI is InChI=1S/C20H20N6O/c1-20(12-21)7-9-25(13-20)19(27)15-5-6-18(22-10-15)23-11-16-17-4-2-3-8-26(17)14-24-16/h2-6,8,10,14H,7,9,11,13H2,1H3,(H,22,23). The molecule has 1 amide bonds. The lowest BCUT2D eigenvalue weighted by molar-refractivity contribution is 0.0782. The fourth-order valence-electron chi connectivity index (χ4n) is 3.34. The number of carbonyl (C=O) groups is 1. The number of aromatic nitrogens is 3. The summed E-state index contributed by atoms with van der Waals surface area (Å²) in [4.78, 5) is 23.1. The maximum atomic E-state index is 12.6. The number of likely N-dealkylation sites (tertiary alicyclic amines) is 1. The van der Waals surface area contributed by atoms with Crippen molar-refractivity contribution in [1.82, 2.24) is 19.3 Å². The zero-order valence-electron chi connectivity index (χ0n) is 15.1. The molecular weight excluding hydrogens is 340 g/mol. The van der Waals surface area contributed by atoms with Gasteiger partial charge < -0.3 is 14.6 Å². The van der Waals surface area contributed by atoms with E-state index in [9.17, 15) is 10.1 Å². The second kappa shape index (κ2) is 6.72. The minimum Gasteiger partial charge on any atom is -0.364 e. The van der Waals surface area contributed by atoms with Gasteiger partial charge in [0.15, 0.2) is 0 Å². The molecule has 136 valence electrons. The predicted octanol–water partition coefficient (Wildman–Crippen LogP) is 2.72. The van der Waals surface area contributed by atoms with E-state index in [2.05, 4.69) is 21.4 Å². The van der Waals surface area contributed by atoms with Crippen molar-refractivity contribution in [3.8, 4) is 6.07 Å². The molecule has 0 saturated carbocycles. The average molecular weight is 360 g/mol. The third-order valence-electron chi connectivity index (χ3n) is 5.00. The van der Waals surface area contributed by atoms with Crippen LogP contribution in [0.25, 0.3) is 5.52 Å². The molecule has 0 aliphatic carbocycles. The maximum Gasteiger partial charge on any atom is 0.255 e. The van der Waals surface area contributed by atoms with Gasteiger partial charge in [-0.2, -0.15) is 5.26 Å². The van der Waals surface area contributed by atoms with E-state index >= 15 is 0 Å². The van der Waals surface area contributed by atoms with Crippen molar-refractivity contribution in [3.05, 3.63) is 60.3 Å². The molecule has 0 aromatic carbocycles. The average Bonchev–Trinajstić information content (AvgIpc) is 3.31. The van der Waals surface area contributed by atoms with E-state index in [1.54, 1.807) is 29.6 Å². The van der Waals surface area contributed by atoms with Crippen LogP contribution in [0.3, 0.4) is 0 Å². The van der Waals surface area contributed by atoms with Crippen molar-refractivity contribution in [1.29, 1.82) is 5.26 Å². The summed E-state index contributed by atoms with van der Waals surface area (Å²) in [5.74, 6) is 0.611. The highest BCUT2D eigenvalue weighted by atomic mass is 16.2. The summed E-state index contributed by atoms with van der Waals surface area (Å²) in [5.41, 5.74) is 2.07. The van der Waals surface area contributed by atoms with Crippen molar-refractivity contribution in [2.45, 2.75) is 19.9 Å². The largest absolute Gasteiger partial charge is 0.364 e. The molecule has 7 heteroatoms. The first-order chi connectivity index (χ1) is 13.1. The Morgan fingerprint density at radius 2 is 2.22 bits per heavy atom. The van der Waals surface area contributed by atoms with Gasteiger partial charge in [0.2, 0.25) is 0 Å². The van der Waals surface area contributed by atoms with Gasteiger partial charge in [-0.25, -0.2) is 9.97 Å². The molecule has 1 aliphatic heterocycles. The zero-order valence-corrected chi connectivity index (χ0v) is 15.1. The van der Waals surface area contributed by atoms with E-state index in [0.29, 0.717) is 37.4 Å². The Labute approximate surface area is 157 Å². The number of anilines is 1. The number of imidazole rings is 1. The van der Waals surface area contributed by atoms with Gasteiger partial charge in [-0.05, 0) is 37.6 Å². The molecule has 4 heterocycles. The number of nitrogens with zero attached hydrogens (tertiary/aromatic N) is 5. The molecule has 7 nitrogen and oxygen atoms in total. The molecular formula is C20H20N6O. The number of hydrogen-bond donors (Lipinski definition) is 1. The summed E-state index contributed by atoms with van der Waals surface area (Å²) in [6.45, 7) is 3.52.